The fourth-order valence-electron chi connectivity index (χ4n) is 1.99. The first kappa shape index (κ1) is 12.5. The molecule has 0 bridgehead atoms. The predicted molar refractivity (Wildman–Crippen MR) is 72.4 cm³/mol. The first-order valence-corrected chi connectivity index (χ1v) is 6.36. The van der Waals surface area contributed by atoms with Crippen molar-refractivity contribution in [2.24, 2.45) is 0 Å². The van der Waals surface area contributed by atoms with Gasteiger partial charge < -0.3 is 14.8 Å². The van der Waals surface area contributed by atoms with Crippen molar-refractivity contribution in [3.8, 4) is 11.5 Å². The van der Waals surface area contributed by atoms with Gasteiger partial charge in [-0.1, -0.05) is 12.1 Å². The van der Waals surface area contributed by atoms with Gasteiger partial charge in [0.15, 0.2) is 11.5 Å². The Hall–Kier alpha value is -2.56. The van der Waals surface area contributed by atoms with Gasteiger partial charge in [0.25, 0.3) is 0 Å². The van der Waals surface area contributed by atoms with Crippen molar-refractivity contribution in [2.45, 2.75) is 13.0 Å². The molecule has 0 spiro atoms. The first-order valence-electron chi connectivity index (χ1n) is 6.36. The van der Waals surface area contributed by atoms with E-state index in [0.29, 0.717) is 18.7 Å². The molecule has 0 unspecified atom stereocenters. The molecule has 1 aliphatic heterocycles. The molecule has 5 nitrogen and oxygen atoms in total. The number of ether oxygens (including phenoxy) is 2. The average Bonchev–Trinajstić information content (AvgIpc) is 2.94. The number of carbonyl (C=O) groups excluding carboxylic acids is 1. The van der Waals surface area contributed by atoms with Crippen LogP contribution in [-0.4, -0.2) is 17.7 Å². The van der Waals surface area contributed by atoms with Crippen LogP contribution in [0.2, 0.25) is 0 Å². The zero-order valence-electron chi connectivity index (χ0n) is 10.8. The Morgan fingerprint density at radius 2 is 2.10 bits per heavy atom. The first-order chi connectivity index (χ1) is 9.81. The number of aromatic nitrogens is 1. The number of nitrogens with one attached hydrogen (secondary N) is 1. The highest BCUT2D eigenvalue weighted by atomic mass is 16.7. The number of hydrogen-bond acceptors (Lipinski definition) is 4. The van der Waals surface area contributed by atoms with Gasteiger partial charge in [0.1, 0.15) is 0 Å². The van der Waals surface area contributed by atoms with Gasteiger partial charge in [-0.05, 0) is 29.8 Å². The number of pyridine rings is 1. The van der Waals surface area contributed by atoms with Crippen LogP contribution in [0, 0.1) is 0 Å². The topological polar surface area (TPSA) is 60.5 Å². The van der Waals surface area contributed by atoms with Crippen molar-refractivity contribution in [3.05, 3.63) is 53.9 Å². The normalized spacial score (nSPS) is 12.2. The van der Waals surface area contributed by atoms with E-state index in [9.17, 15) is 4.79 Å². The van der Waals surface area contributed by atoms with Crippen LogP contribution in [0.15, 0.2) is 42.6 Å². The summed E-state index contributed by atoms with van der Waals surface area (Å²) in [7, 11) is 0. The maximum Gasteiger partial charge on any atom is 0.231 e. The van der Waals surface area contributed by atoms with Gasteiger partial charge in [-0.2, -0.15) is 0 Å². The van der Waals surface area contributed by atoms with Crippen LogP contribution in [0.25, 0.3) is 0 Å². The van der Waals surface area contributed by atoms with Gasteiger partial charge in [-0.3, -0.25) is 9.78 Å². The van der Waals surface area contributed by atoms with Crippen molar-refractivity contribution in [1.29, 1.82) is 0 Å². The monoisotopic (exact) mass is 270 g/mol. The molecule has 2 aromatic rings. The summed E-state index contributed by atoms with van der Waals surface area (Å²) in [4.78, 5) is 16.0. The van der Waals surface area contributed by atoms with Crippen LogP contribution < -0.4 is 14.8 Å². The SMILES string of the molecule is O=C(Cc1ccc2c(c1)OCO2)NCc1ccccn1. The standard InChI is InChI=1S/C15H14N2O3/c18-15(17-9-12-3-1-2-6-16-12)8-11-4-5-13-14(7-11)20-10-19-13/h1-7H,8-10H2,(H,17,18). The van der Waals surface area contributed by atoms with Crippen LogP contribution in [0.1, 0.15) is 11.3 Å². The molecule has 20 heavy (non-hydrogen) atoms. The third kappa shape index (κ3) is 2.88. The molecule has 0 radical (unpaired) electrons. The molecule has 102 valence electrons. The molecular formula is C15H14N2O3. The van der Waals surface area contributed by atoms with Gasteiger partial charge in [0, 0.05) is 6.20 Å². The third-order valence-electron chi connectivity index (χ3n) is 2.99. The zero-order valence-corrected chi connectivity index (χ0v) is 10.8. The lowest BCUT2D eigenvalue weighted by atomic mass is 10.1. The van der Waals surface area contributed by atoms with Crippen molar-refractivity contribution in [3.63, 3.8) is 0 Å². The lowest BCUT2D eigenvalue weighted by Gasteiger charge is -2.05. The van der Waals surface area contributed by atoms with Crippen LogP contribution in [-0.2, 0) is 17.8 Å². The minimum atomic E-state index is -0.0467. The molecule has 5 heteroatoms. The molecular weight excluding hydrogens is 256 g/mol. The molecule has 1 aromatic carbocycles. The highest BCUT2D eigenvalue weighted by Crippen LogP contribution is 2.32. The second-order valence-corrected chi connectivity index (χ2v) is 4.46. The minimum Gasteiger partial charge on any atom is -0.454 e. The van der Waals surface area contributed by atoms with E-state index >= 15 is 0 Å². The summed E-state index contributed by atoms with van der Waals surface area (Å²) < 4.78 is 10.5. The Bertz CT molecular complexity index is 614. The number of fused-ring (bicyclic) bond motifs is 1. The summed E-state index contributed by atoms with van der Waals surface area (Å²) in [5.41, 5.74) is 1.74. The van der Waals surface area contributed by atoms with E-state index in [1.165, 1.54) is 0 Å². The van der Waals surface area contributed by atoms with E-state index in [-0.39, 0.29) is 12.7 Å². The van der Waals surface area contributed by atoms with E-state index in [2.05, 4.69) is 10.3 Å². The summed E-state index contributed by atoms with van der Waals surface area (Å²) >= 11 is 0. The summed E-state index contributed by atoms with van der Waals surface area (Å²) in [5.74, 6) is 1.37. The van der Waals surface area contributed by atoms with E-state index in [0.717, 1.165) is 17.0 Å². The highest BCUT2D eigenvalue weighted by Gasteiger charge is 2.14. The fourth-order valence-corrected chi connectivity index (χ4v) is 1.99. The molecule has 2 heterocycles. The minimum absolute atomic E-state index is 0.0467. The van der Waals surface area contributed by atoms with Gasteiger partial charge in [0.2, 0.25) is 12.7 Å². The highest BCUT2D eigenvalue weighted by molar-refractivity contribution is 5.78. The van der Waals surface area contributed by atoms with E-state index in [4.69, 9.17) is 9.47 Å². The quantitative estimate of drug-likeness (QED) is 0.918. The van der Waals surface area contributed by atoms with Crippen molar-refractivity contribution >= 4 is 5.91 Å². The number of amides is 1. The summed E-state index contributed by atoms with van der Waals surface area (Å²) in [5, 5.41) is 2.84. The summed E-state index contributed by atoms with van der Waals surface area (Å²) in [6.07, 6.45) is 2.02. The largest absolute Gasteiger partial charge is 0.454 e. The molecule has 0 saturated heterocycles. The molecule has 0 saturated carbocycles. The summed E-state index contributed by atoms with van der Waals surface area (Å²) in [6.45, 7) is 0.675. The predicted octanol–water partition coefficient (Wildman–Crippen LogP) is 1.67. The molecule has 0 aliphatic carbocycles. The molecule has 1 aromatic heterocycles. The lowest BCUT2D eigenvalue weighted by molar-refractivity contribution is -0.120. The van der Waals surface area contributed by atoms with Crippen LogP contribution in [0.4, 0.5) is 0 Å². The average molecular weight is 270 g/mol. The second kappa shape index (κ2) is 5.61. The molecule has 1 aliphatic rings. The molecule has 0 atom stereocenters. The Morgan fingerprint density at radius 1 is 1.20 bits per heavy atom. The number of nitrogens with zero attached hydrogens (tertiary/aromatic N) is 1. The van der Waals surface area contributed by atoms with E-state index in [1.807, 2.05) is 36.4 Å². The molecule has 1 N–H and O–H groups in total. The van der Waals surface area contributed by atoms with Gasteiger partial charge in [0.05, 0.1) is 18.7 Å². The van der Waals surface area contributed by atoms with Crippen molar-refractivity contribution in [1.82, 2.24) is 10.3 Å². The number of benzene rings is 1. The fraction of sp³-hybridized carbons (Fsp3) is 0.200. The molecule has 1 amide bonds. The van der Waals surface area contributed by atoms with Crippen LogP contribution in [0.3, 0.4) is 0 Å². The van der Waals surface area contributed by atoms with Gasteiger partial charge in [-0.25, -0.2) is 0 Å². The smallest absolute Gasteiger partial charge is 0.231 e. The zero-order chi connectivity index (χ0) is 13.8. The Labute approximate surface area is 116 Å². The Kier molecular flexibility index (Phi) is 3.50. The van der Waals surface area contributed by atoms with E-state index < -0.39 is 0 Å². The molecule has 0 fully saturated rings. The molecule has 3 rings (SSSR count). The van der Waals surface area contributed by atoms with Crippen molar-refractivity contribution in [2.75, 3.05) is 6.79 Å². The summed E-state index contributed by atoms with van der Waals surface area (Å²) in [6, 6.07) is 11.1. The van der Waals surface area contributed by atoms with Gasteiger partial charge >= 0.3 is 0 Å². The number of rotatable bonds is 4. The lowest BCUT2D eigenvalue weighted by Crippen LogP contribution is -2.24. The maximum atomic E-state index is 11.9. The second-order valence-electron chi connectivity index (χ2n) is 4.46. The van der Waals surface area contributed by atoms with Crippen LogP contribution >= 0.6 is 0 Å². The Morgan fingerprint density at radius 3 is 2.95 bits per heavy atom. The number of hydrogen-bond donors (Lipinski definition) is 1. The van der Waals surface area contributed by atoms with Crippen molar-refractivity contribution < 1.29 is 14.3 Å². The van der Waals surface area contributed by atoms with E-state index in [1.54, 1.807) is 6.20 Å². The maximum absolute atomic E-state index is 11.9. The number of carbonyl (C=O) groups is 1. The van der Waals surface area contributed by atoms with Gasteiger partial charge in [-0.15, -0.1) is 0 Å². The van der Waals surface area contributed by atoms with Crippen LogP contribution in [0.5, 0.6) is 11.5 Å². The Balaban J connectivity index is 1.56. The third-order valence-corrected chi connectivity index (χ3v) is 2.99.